The maximum atomic E-state index is 12.5. The Morgan fingerprint density at radius 2 is 2.41 bits per heavy atom. The van der Waals surface area contributed by atoms with Gasteiger partial charge < -0.3 is 10.1 Å². The van der Waals surface area contributed by atoms with Gasteiger partial charge in [0.25, 0.3) is 6.43 Å². The number of ether oxygens (including phenoxy) is 1. The van der Waals surface area contributed by atoms with Crippen molar-refractivity contribution in [2.24, 2.45) is 0 Å². The second-order valence-corrected chi connectivity index (χ2v) is 3.78. The first-order chi connectivity index (χ1) is 8.13. The summed E-state index contributed by atoms with van der Waals surface area (Å²) in [5.74, 6) is -0.526. The Hall–Kier alpha value is -1.50. The zero-order valence-electron chi connectivity index (χ0n) is 9.30. The van der Waals surface area contributed by atoms with Crippen LogP contribution in [0.3, 0.4) is 0 Å². The van der Waals surface area contributed by atoms with Gasteiger partial charge in [0, 0.05) is 24.2 Å². The number of carbonyl (C=O) groups is 1. The Morgan fingerprint density at radius 1 is 1.65 bits per heavy atom. The molecular weight excluding hydrogens is 232 g/mol. The number of aromatic amines is 1. The molecule has 7 heteroatoms. The van der Waals surface area contributed by atoms with Gasteiger partial charge >= 0.3 is 5.97 Å². The minimum absolute atomic E-state index is 0.138. The topological polar surface area (TPSA) is 67.0 Å². The van der Waals surface area contributed by atoms with Crippen molar-refractivity contribution in [3.05, 3.63) is 17.0 Å². The summed E-state index contributed by atoms with van der Waals surface area (Å²) in [6.45, 7) is 2.16. The van der Waals surface area contributed by atoms with Crippen molar-refractivity contribution in [1.29, 1.82) is 0 Å². The number of esters is 1. The molecule has 2 N–H and O–H groups in total. The molecule has 0 amide bonds. The molecule has 2 rings (SSSR count). The third-order valence-corrected chi connectivity index (χ3v) is 2.69. The lowest BCUT2D eigenvalue weighted by Gasteiger charge is -2.22. The van der Waals surface area contributed by atoms with Gasteiger partial charge in [0.15, 0.2) is 5.69 Å². The number of H-pyrrole nitrogens is 1. The largest absolute Gasteiger partial charge is 0.461 e. The van der Waals surface area contributed by atoms with Crippen LogP contribution in [0.4, 0.5) is 8.78 Å². The Balaban J connectivity index is 2.18. The second-order valence-electron chi connectivity index (χ2n) is 3.78. The number of fused-ring (bicyclic) bond motifs is 1. The first-order valence-electron chi connectivity index (χ1n) is 5.38. The van der Waals surface area contributed by atoms with Crippen molar-refractivity contribution in [3.8, 4) is 0 Å². The van der Waals surface area contributed by atoms with Crippen LogP contribution in [0.15, 0.2) is 0 Å². The number of nitrogens with zero attached hydrogens (tertiary/aromatic N) is 1. The number of aromatic nitrogens is 2. The van der Waals surface area contributed by atoms with Gasteiger partial charge in [-0.3, -0.25) is 5.10 Å². The zero-order valence-corrected chi connectivity index (χ0v) is 9.30. The van der Waals surface area contributed by atoms with E-state index in [1.807, 2.05) is 0 Å². The van der Waals surface area contributed by atoms with E-state index in [-0.39, 0.29) is 25.3 Å². The second kappa shape index (κ2) is 4.79. The van der Waals surface area contributed by atoms with Crippen LogP contribution in [0.2, 0.25) is 0 Å². The van der Waals surface area contributed by atoms with E-state index in [1.165, 1.54) is 0 Å². The van der Waals surface area contributed by atoms with Gasteiger partial charge in [-0.1, -0.05) is 0 Å². The molecule has 94 valence electrons. The van der Waals surface area contributed by atoms with E-state index in [1.54, 1.807) is 6.92 Å². The van der Waals surface area contributed by atoms with Gasteiger partial charge in [0.1, 0.15) is 0 Å². The molecule has 0 aliphatic carbocycles. The molecule has 1 aromatic heterocycles. The van der Waals surface area contributed by atoms with Gasteiger partial charge in [-0.25, -0.2) is 13.6 Å². The third-order valence-electron chi connectivity index (χ3n) is 2.69. The molecule has 0 aromatic carbocycles. The highest BCUT2D eigenvalue weighted by atomic mass is 19.3. The molecule has 0 saturated heterocycles. The van der Waals surface area contributed by atoms with E-state index in [0.717, 1.165) is 0 Å². The van der Waals surface area contributed by atoms with E-state index in [4.69, 9.17) is 4.74 Å². The number of rotatable bonds is 3. The first kappa shape index (κ1) is 12.0. The van der Waals surface area contributed by atoms with Crippen molar-refractivity contribution in [1.82, 2.24) is 15.5 Å². The number of halogens is 2. The van der Waals surface area contributed by atoms with E-state index < -0.39 is 18.4 Å². The van der Waals surface area contributed by atoms with Crippen molar-refractivity contribution in [2.75, 3.05) is 6.61 Å². The van der Waals surface area contributed by atoms with Crippen LogP contribution in [0.1, 0.15) is 28.7 Å². The average Bonchev–Trinajstić information content (AvgIpc) is 2.71. The fraction of sp³-hybridized carbons (Fsp3) is 0.600. The number of carbonyl (C=O) groups excluding carboxylic acids is 1. The van der Waals surface area contributed by atoms with E-state index in [0.29, 0.717) is 11.3 Å². The molecule has 1 aliphatic rings. The van der Waals surface area contributed by atoms with Crippen molar-refractivity contribution < 1.29 is 18.3 Å². The molecular formula is C10H13F2N3O2. The molecule has 5 nitrogen and oxygen atoms in total. The summed E-state index contributed by atoms with van der Waals surface area (Å²) in [5.41, 5.74) is 1.39. The Morgan fingerprint density at radius 3 is 3.06 bits per heavy atom. The highest BCUT2D eigenvalue weighted by molar-refractivity contribution is 5.89. The smallest absolute Gasteiger partial charge is 0.359 e. The molecule has 17 heavy (non-hydrogen) atoms. The van der Waals surface area contributed by atoms with Gasteiger partial charge in [0.05, 0.1) is 12.6 Å². The molecule has 0 fully saturated rings. The van der Waals surface area contributed by atoms with Gasteiger partial charge in [-0.15, -0.1) is 0 Å². The zero-order chi connectivity index (χ0) is 12.4. The van der Waals surface area contributed by atoms with Crippen molar-refractivity contribution in [2.45, 2.75) is 32.4 Å². The van der Waals surface area contributed by atoms with Gasteiger partial charge in [-0.05, 0) is 6.92 Å². The quantitative estimate of drug-likeness (QED) is 0.775. The highest BCUT2D eigenvalue weighted by Crippen LogP contribution is 2.21. The normalized spacial score (nSPS) is 19.2. The van der Waals surface area contributed by atoms with E-state index in [9.17, 15) is 13.6 Å². The summed E-state index contributed by atoms with van der Waals surface area (Å²) < 4.78 is 29.9. The standard InChI is InChI=1S/C10H13F2N3O2/c1-2-17-10(16)8-5-4-13-7(9(11)12)3-6(5)14-15-8/h7,9,13H,2-4H2,1H3,(H,14,15). The summed E-state index contributed by atoms with van der Waals surface area (Å²) in [4.78, 5) is 11.5. The number of hydrogen-bond acceptors (Lipinski definition) is 4. The average molecular weight is 245 g/mol. The SMILES string of the molecule is CCOC(=O)c1n[nH]c2c1CNC(C(F)F)C2. The summed E-state index contributed by atoms with van der Waals surface area (Å²) in [6.07, 6.45) is -2.29. The van der Waals surface area contributed by atoms with Crippen LogP contribution in [0.5, 0.6) is 0 Å². The van der Waals surface area contributed by atoms with Crippen LogP contribution in [0, 0.1) is 0 Å². The molecule has 1 aromatic rings. The number of nitrogens with one attached hydrogen (secondary N) is 2. The summed E-state index contributed by atoms with van der Waals surface area (Å²) in [7, 11) is 0. The lowest BCUT2D eigenvalue weighted by atomic mass is 10.0. The molecule has 1 aliphatic heterocycles. The molecule has 1 unspecified atom stereocenters. The minimum Gasteiger partial charge on any atom is -0.461 e. The maximum absolute atomic E-state index is 12.5. The van der Waals surface area contributed by atoms with Crippen molar-refractivity contribution >= 4 is 5.97 Å². The summed E-state index contributed by atoms with van der Waals surface area (Å²) in [5, 5.41) is 9.13. The Labute approximate surface area is 96.5 Å². The van der Waals surface area contributed by atoms with Gasteiger partial charge in [-0.2, -0.15) is 5.10 Å². The predicted molar refractivity (Wildman–Crippen MR) is 54.9 cm³/mol. The fourth-order valence-corrected chi connectivity index (χ4v) is 1.83. The predicted octanol–water partition coefficient (Wildman–Crippen LogP) is 0.866. The summed E-state index contributed by atoms with van der Waals surface area (Å²) >= 11 is 0. The number of alkyl halides is 2. The van der Waals surface area contributed by atoms with Crippen LogP contribution < -0.4 is 5.32 Å². The van der Waals surface area contributed by atoms with Crippen LogP contribution >= 0.6 is 0 Å². The number of hydrogen-bond donors (Lipinski definition) is 2. The van der Waals surface area contributed by atoms with E-state index >= 15 is 0 Å². The lowest BCUT2D eigenvalue weighted by molar-refractivity contribution is 0.0517. The monoisotopic (exact) mass is 245 g/mol. The molecule has 0 radical (unpaired) electrons. The fourth-order valence-electron chi connectivity index (χ4n) is 1.83. The first-order valence-corrected chi connectivity index (χ1v) is 5.38. The van der Waals surface area contributed by atoms with Gasteiger partial charge in [0.2, 0.25) is 0 Å². The molecule has 0 saturated carbocycles. The van der Waals surface area contributed by atoms with Crippen LogP contribution in [-0.4, -0.2) is 35.2 Å². The maximum Gasteiger partial charge on any atom is 0.359 e. The molecule has 0 bridgehead atoms. The van der Waals surface area contributed by atoms with E-state index in [2.05, 4.69) is 15.5 Å². The van der Waals surface area contributed by atoms with Crippen LogP contribution in [-0.2, 0) is 17.7 Å². The Kier molecular flexibility index (Phi) is 3.37. The third kappa shape index (κ3) is 2.28. The lowest BCUT2D eigenvalue weighted by Crippen LogP contribution is -2.41. The molecule has 1 atom stereocenters. The highest BCUT2D eigenvalue weighted by Gasteiger charge is 2.30. The van der Waals surface area contributed by atoms with Crippen LogP contribution in [0.25, 0.3) is 0 Å². The Bertz CT molecular complexity index is 420. The van der Waals surface area contributed by atoms with Crippen molar-refractivity contribution in [3.63, 3.8) is 0 Å². The molecule has 0 spiro atoms. The summed E-state index contributed by atoms with van der Waals surface area (Å²) in [6, 6.07) is -0.891. The minimum atomic E-state index is -2.43. The molecule has 2 heterocycles.